The van der Waals surface area contributed by atoms with Gasteiger partial charge in [-0.05, 0) is 56.1 Å². The van der Waals surface area contributed by atoms with Gasteiger partial charge in [-0.1, -0.05) is 91.4 Å². The van der Waals surface area contributed by atoms with Gasteiger partial charge in [0.15, 0.2) is 0 Å². The average molecular weight is 507 g/mol. The van der Waals surface area contributed by atoms with Gasteiger partial charge in [-0.25, -0.2) is 13.1 Å². The van der Waals surface area contributed by atoms with E-state index in [0.29, 0.717) is 19.4 Å². The topological polar surface area (TPSA) is 75.3 Å². The molecule has 1 amide bonds. The van der Waals surface area contributed by atoms with Gasteiger partial charge in [0.2, 0.25) is 15.9 Å². The Labute approximate surface area is 216 Å². The molecule has 0 aliphatic heterocycles. The number of sulfonamides is 1. The summed E-state index contributed by atoms with van der Waals surface area (Å²) in [5.41, 5.74) is 3.22. The van der Waals surface area contributed by atoms with Crippen molar-refractivity contribution in [1.29, 1.82) is 0 Å². The minimum absolute atomic E-state index is 0.0528. The van der Waals surface area contributed by atoms with Crippen LogP contribution >= 0.6 is 0 Å². The minimum atomic E-state index is -3.62. The lowest BCUT2D eigenvalue weighted by molar-refractivity contribution is -0.121. The van der Waals surface area contributed by atoms with E-state index >= 15 is 0 Å². The standard InChI is InChI=1S/C30H38N2O3S/c1-23-11-13-25(14-12-23)21-29(33)32-28-17-15-26(16-18-28)22-31-36(34,35)30(19-7-4-8-20-30)24(2)27-9-5-3-6-10-27/h3-14,19,24,26,28,31H,15-18,20-22H2,1-2H3,(H,32,33)/t24?,26?,28?,30-/m1/s1. The molecule has 0 saturated heterocycles. The van der Waals surface area contributed by atoms with Gasteiger partial charge in [-0.15, -0.1) is 0 Å². The van der Waals surface area contributed by atoms with E-state index in [1.807, 2.05) is 92.7 Å². The number of aryl methyl sites for hydroxylation is 1. The van der Waals surface area contributed by atoms with Gasteiger partial charge < -0.3 is 5.32 Å². The Morgan fingerprint density at radius 2 is 1.69 bits per heavy atom. The molecule has 2 aromatic carbocycles. The van der Waals surface area contributed by atoms with Crippen molar-refractivity contribution >= 4 is 15.9 Å². The summed E-state index contributed by atoms with van der Waals surface area (Å²) < 4.78 is 29.4. The molecule has 0 bridgehead atoms. The van der Waals surface area contributed by atoms with E-state index in [-0.39, 0.29) is 23.8 Å². The first-order chi connectivity index (χ1) is 17.3. The molecule has 2 atom stereocenters. The zero-order valence-electron chi connectivity index (χ0n) is 21.3. The fraction of sp³-hybridized carbons (Fsp3) is 0.433. The summed E-state index contributed by atoms with van der Waals surface area (Å²) in [6.45, 7) is 4.48. The van der Waals surface area contributed by atoms with Crippen LogP contribution in [0, 0.1) is 12.8 Å². The van der Waals surface area contributed by atoms with Crippen LogP contribution < -0.4 is 10.0 Å². The number of allylic oxidation sites excluding steroid dienone is 3. The van der Waals surface area contributed by atoms with Crippen LogP contribution in [-0.4, -0.2) is 31.7 Å². The zero-order chi connectivity index (χ0) is 25.6. The number of carbonyl (C=O) groups is 1. The lowest BCUT2D eigenvalue weighted by atomic mass is 9.82. The molecule has 0 aromatic heterocycles. The number of hydrogen-bond donors (Lipinski definition) is 2. The summed E-state index contributed by atoms with van der Waals surface area (Å²) >= 11 is 0. The monoisotopic (exact) mass is 506 g/mol. The molecule has 1 saturated carbocycles. The van der Waals surface area contributed by atoms with Crippen molar-refractivity contribution in [3.8, 4) is 0 Å². The van der Waals surface area contributed by atoms with Gasteiger partial charge in [0, 0.05) is 18.5 Å². The summed E-state index contributed by atoms with van der Waals surface area (Å²) in [6, 6.07) is 18.1. The van der Waals surface area contributed by atoms with Gasteiger partial charge in [0.1, 0.15) is 4.75 Å². The number of carbonyl (C=O) groups excluding carboxylic acids is 1. The summed E-state index contributed by atoms with van der Waals surface area (Å²) in [7, 11) is -3.62. The normalized spacial score (nSPS) is 24.8. The van der Waals surface area contributed by atoms with Gasteiger partial charge in [-0.2, -0.15) is 0 Å². The predicted octanol–water partition coefficient (Wildman–Crippen LogP) is 5.19. The second kappa shape index (κ2) is 11.6. The Balaban J connectivity index is 1.31. The van der Waals surface area contributed by atoms with Crippen molar-refractivity contribution < 1.29 is 13.2 Å². The Morgan fingerprint density at radius 1 is 1.00 bits per heavy atom. The molecule has 0 heterocycles. The second-order valence-corrected chi connectivity index (χ2v) is 12.4. The summed E-state index contributed by atoms with van der Waals surface area (Å²) in [6.07, 6.45) is 12.0. The maximum Gasteiger partial charge on any atom is 0.224 e. The molecule has 1 fully saturated rings. The van der Waals surface area contributed by atoms with Gasteiger partial charge >= 0.3 is 0 Å². The Morgan fingerprint density at radius 3 is 2.33 bits per heavy atom. The molecule has 4 rings (SSSR count). The molecular formula is C30H38N2O3S. The third-order valence-electron chi connectivity index (χ3n) is 7.85. The highest BCUT2D eigenvalue weighted by Gasteiger charge is 2.46. The minimum Gasteiger partial charge on any atom is -0.353 e. The lowest BCUT2D eigenvalue weighted by Gasteiger charge is -2.38. The van der Waals surface area contributed by atoms with E-state index in [4.69, 9.17) is 0 Å². The van der Waals surface area contributed by atoms with Gasteiger partial charge in [0.25, 0.3) is 0 Å². The third-order valence-corrected chi connectivity index (χ3v) is 10.1. The highest BCUT2D eigenvalue weighted by atomic mass is 32.2. The first-order valence-electron chi connectivity index (χ1n) is 13.0. The highest BCUT2D eigenvalue weighted by molar-refractivity contribution is 7.91. The molecule has 5 nitrogen and oxygen atoms in total. The smallest absolute Gasteiger partial charge is 0.224 e. The van der Waals surface area contributed by atoms with Crippen LogP contribution in [0.1, 0.15) is 61.6 Å². The van der Waals surface area contributed by atoms with Crippen LogP contribution in [0.3, 0.4) is 0 Å². The number of nitrogens with one attached hydrogen (secondary N) is 2. The van der Waals surface area contributed by atoms with Crippen LogP contribution in [0.5, 0.6) is 0 Å². The molecule has 192 valence electrons. The summed E-state index contributed by atoms with van der Waals surface area (Å²) in [5, 5.41) is 3.17. The fourth-order valence-corrected chi connectivity index (χ4v) is 7.34. The number of benzene rings is 2. The van der Waals surface area contributed by atoms with E-state index in [9.17, 15) is 13.2 Å². The molecule has 1 unspecified atom stereocenters. The molecule has 6 heteroatoms. The summed E-state index contributed by atoms with van der Waals surface area (Å²) in [5.74, 6) is 0.145. The largest absolute Gasteiger partial charge is 0.353 e. The highest BCUT2D eigenvalue weighted by Crippen LogP contribution is 2.40. The number of hydrogen-bond acceptors (Lipinski definition) is 3. The van der Waals surface area contributed by atoms with Crippen LogP contribution in [0.25, 0.3) is 0 Å². The Hall–Kier alpha value is -2.70. The van der Waals surface area contributed by atoms with Gasteiger partial charge in [-0.3, -0.25) is 4.79 Å². The average Bonchev–Trinajstić information content (AvgIpc) is 2.90. The predicted molar refractivity (Wildman–Crippen MR) is 146 cm³/mol. The Bertz CT molecular complexity index is 1180. The molecular weight excluding hydrogens is 468 g/mol. The van der Waals surface area contributed by atoms with Gasteiger partial charge in [0.05, 0.1) is 6.42 Å². The number of rotatable bonds is 9. The van der Waals surface area contributed by atoms with Crippen molar-refractivity contribution in [3.63, 3.8) is 0 Å². The van der Waals surface area contributed by atoms with Crippen LogP contribution in [0.4, 0.5) is 0 Å². The molecule has 0 radical (unpaired) electrons. The Kier molecular flexibility index (Phi) is 8.47. The zero-order valence-corrected chi connectivity index (χ0v) is 22.1. The molecule has 2 N–H and O–H groups in total. The maximum atomic E-state index is 13.7. The van der Waals surface area contributed by atoms with Crippen LogP contribution in [0.15, 0.2) is 78.9 Å². The molecule has 2 aromatic rings. The van der Waals surface area contributed by atoms with E-state index in [1.165, 1.54) is 5.56 Å². The van der Waals surface area contributed by atoms with Crippen molar-refractivity contribution in [1.82, 2.24) is 10.0 Å². The SMILES string of the molecule is Cc1ccc(CC(=O)NC2CCC(CNS(=O)(=O)[C@]3(C(C)c4ccccc4)C=CC=CC3)CC2)cc1. The van der Waals surface area contributed by atoms with Crippen molar-refractivity contribution in [2.75, 3.05) is 6.54 Å². The van der Waals surface area contributed by atoms with E-state index < -0.39 is 14.8 Å². The van der Waals surface area contributed by atoms with E-state index in [1.54, 1.807) is 0 Å². The first-order valence-corrected chi connectivity index (χ1v) is 14.5. The number of amides is 1. The summed E-state index contributed by atoms with van der Waals surface area (Å²) in [4.78, 5) is 12.5. The van der Waals surface area contributed by atoms with Crippen molar-refractivity contribution in [3.05, 3.63) is 95.6 Å². The second-order valence-electron chi connectivity index (χ2n) is 10.4. The van der Waals surface area contributed by atoms with E-state index in [0.717, 1.165) is 36.8 Å². The lowest BCUT2D eigenvalue weighted by Crippen LogP contribution is -2.50. The third kappa shape index (κ3) is 6.16. The van der Waals surface area contributed by atoms with E-state index in [2.05, 4.69) is 10.0 Å². The first kappa shape index (κ1) is 26.4. The molecule has 36 heavy (non-hydrogen) atoms. The maximum absolute atomic E-state index is 13.7. The van der Waals surface area contributed by atoms with Crippen molar-refractivity contribution in [2.24, 2.45) is 5.92 Å². The van der Waals surface area contributed by atoms with Crippen LogP contribution in [-0.2, 0) is 21.2 Å². The molecule has 2 aliphatic carbocycles. The fourth-order valence-electron chi connectivity index (χ4n) is 5.44. The van der Waals surface area contributed by atoms with Crippen LogP contribution in [0.2, 0.25) is 0 Å². The van der Waals surface area contributed by atoms with Crippen molar-refractivity contribution in [2.45, 2.75) is 69.1 Å². The molecule has 0 spiro atoms. The molecule has 2 aliphatic rings. The quantitative estimate of drug-likeness (QED) is 0.491.